The summed E-state index contributed by atoms with van der Waals surface area (Å²) >= 11 is 0. The zero-order valence-electron chi connectivity index (χ0n) is 21.6. The molecular formula is C29H30F2N2O7. The highest BCUT2D eigenvalue weighted by atomic mass is 19.1. The summed E-state index contributed by atoms with van der Waals surface area (Å²) in [6, 6.07) is 19.3. The molecule has 0 saturated carbocycles. The maximum Gasteiger partial charge on any atom is 0.351 e. The van der Waals surface area contributed by atoms with E-state index in [1.807, 2.05) is 12.1 Å². The van der Waals surface area contributed by atoms with Gasteiger partial charge in [0, 0.05) is 24.3 Å². The predicted molar refractivity (Wildman–Crippen MR) is 138 cm³/mol. The summed E-state index contributed by atoms with van der Waals surface area (Å²) in [6.45, 7) is 3.56. The maximum absolute atomic E-state index is 13.4. The lowest BCUT2D eigenvalue weighted by Gasteiger charge is -2.29. The van der Waals surface area contributed by atoms with Crippen molar-refractivity contribution in [2.24, 2.45) is 5.92 Å². The number of hydrogen-bond acceptors (Lipinski definition) is 6. The Balaban J connectivity index is 0.000000663. The van der Waals surface area contributed by atoms with Crippen LogP contribution in [0.2, 0.25) is 0 Å². The zero-order valence-corrected chi connectivity index (χ0v) is 21.6. The van der Waals surface area contributed by atoms with Gasteiger partial charge in [0.15, 0.2) is 5.97 Å². The minimum absolute atomic E-state index is 0.122. The van der Waals surface area contributed by atoms with Gasteiger partial charge in [0.2, 0.25) is 0 Å². The first-order valence-electron chi connectivity index (χ1n) is 12.8. The molecule has 0 spiro atoms. The summed E-state index contributed by atoms with van der Waals surface area (Å²) in [6.07, 6.45) is 2.77. The molecule has 1 fully saturated rings. The molecule has 0 aliphatic carbocycles. The second kappa shape index (κ2) is 14.8. The molecule has 4 rings (SSSR count). The molecule has 0 amide bonds. The number of aliphatic carboxylic acids is 2. The predicted octanol–water partition coefficient (Wildman–Crippen LogP) is 2.69. The van der Waals surface area contributed by atoms with Crippen molar-refractivity contribution >= 4 is 17.6 Å². The topological polar surface area (TPSA) is 134 Å². The number of carboxylic acid groups (broad SMARTS) is 2. The van der Waals surface area contributed by atoms with E-state index in [-0.39, 0.29) is 28.3 Å². The summed E-state index contributed by atoms with van der Waals surface area (Å²) in [7, 11) is 0. The second-order valence-electron chi connectivity index (χ2n) is 9.53. The van der Waals surface area contributed by atoms with E-state index in [4.69, 9.17) is 24.5 Å². The number of quaternary nitrogens is 1. The third-order valence-electron chi connectivity index (χ3n) is 6.74. The largest absolute Gasteiger partial charge is 0.539 e. The number of likely N-dealkylation sites (tertiary alicyclic amines) is 1. The molecule has 0 unspecified atom stereocenters. The van der Waals surface area contributed by atoms with Crippen LogP contribution in [0.4, 0.5) is 14.5 Å². The monoisotopic (exact) mass is 556 g/mol. The van der Waals surface area contributed by atoms with E-state index in [1.165, 1.54) is 29.2 Å². The molecule has 40 heavy (non-hydrogen) atoms. The second-order valence-corrected chi connectivity index (χ2v) is 9.53. The van der Waals surface area contributed by atoms with Crippen molar-refractivity contribution in [1.29, 1.82) is 0 Å². The minimum Gasteiger partial charge on any atom is -0.539 e. The minimum atomic E-state index is -2.07. The van der Waals surface area contributed by atoms with Gasteiger partial charge >= 0.3 is 5.97 Å². The van der Waals surface area contributed by atoms with Crippen LogP contribution in [0.1, 0.15) is 42.1 Å². The summed E-state index contributed by atoms with van der Waals surface area (Å²) in [5.41, 5.74) is 2.92. The number of carboxylic acids is 2. The average molecular weight is 557 g/mol. The third kappa shape index (κ3) is 9.51. The number of benzene rings is 3. The van der Waals surface area contributed by atoms with E-state index in [1.54, 1.807) is 36.4 Å². The molecule has 9 nitrogen and oxygen atoms in total. The van der Waals surface area contributed by atoms with Crippen molar-refractivity contribution in [3.63, 3.8) is 0 Å². The third-order valence-corrected chi connectivity index (χ3v) is 6.74. The van der Waals surface area contributed by atoms with Crippen LogP contribution in [0.15, 0.2) is 72.8 Å². The van der Waals surface area contributed by atoms with Crippen LogP contribution in [-0.2, 0) is 20.9 Å². The summed E-state index contributed by atoms with van der Waals surface area (Å²) < 4.78 is 33.0. The van der Waals surface area contributed by atoms with Gasteiger partial charge in [-0.3, -0.25) is 10.1 Å². The van der Waals surface area contributed by atoms with Crippen molar-refractivity contribution in [2.75, 3.05) is 19.7 Å². The number of nitro benzene ring substituents is 1. The molecule has 1 saturated heterocycles. The van der Waals surface area contributed by atoms with E-state index in [0.29, 0.717) is 12.5 Å². The van der Waals surface area contributed by atoms with Crippen LogP contribution in [0.5, 0.6) is 0 Å². The number of halogens is 2. The van der Waals surface area contributed by atoms with E-state index in [0.717, 1.165) is 55.6 Å². The number of non-ortho nitro benzene ring substituents is 1. The maximum atomic E-state index is 13.4. The molecule has 212 valence electrons. The van der Waals surface area contributed by atoms with Gasteiger partial charge in [0.1, 0.15) is 24.3 Å². The lowest BCUT2D eigenvalue weighted by Crippen LogP contribution is -3.11. The fourth-order valence-electron chi connectivity index (χ4n) is 4.59. The quantitative estimate of drug-likeness (QED) is 0.235. The first kappa shape index (κ1) is 30.3. The molecule has 3 aromatic rings. The molecule has 3 aromatic carbocycles. The number of nitrogens with one attached hydrogen (secondary N) is 1. The molecule has 1 aliphatic heterocycles. The summed E-state index contributed by atoms with van der Waals surface area (Å²) in [5, 5.41) is 27.1. The number of ether oxygens (including phenoxy) is 1. The van der Waals surface area contributed by atoms with Crippen molar-refractivity contribution < 1.29 is 43.1 Å². The Morgan fingerprint density at radius 1 is 0.925 bits per heavy atom. The molecular weight excluding hydrogens is 526 g/mol. The van der Waals surface area contributed by atoms with Crippen LogP contribution >= 0.6 is 0 Å². The van der Waals surface area contributed by atoms with Gasteiger partial charge in [-0.15, -0.1) is 0 Å². The Hall–Kier alpha value is -4.22. The normalized spacial score (nSPS) is 16.6. The van der Waals surface area contributed by atoms with Crippen LogP contribution < -0.4 is 10.0 Å². The highest BCUT2D eigenvalue weighted by Crippen LogP contribution is 2.28. The van der Waals surface area contributed by atoms with Crippen molar-refractivity contribution in [1.82, 2.24) is 0 Å². The summed E-state index contributed by atoms with van der Waals surface area (Å²) in [4.78, 5) is 30.0. The lowest BCUT2D eigenvalue weighted by atomic mass is 9.93. The van der Waals surface area contributed by atoms with Gasteiger partial charge in [-0.25, -0.2) is 13.6 Å². The Bertz CT molecular complexity index is 1200. The Morgan fingerprint density at radius 3 is 1.82 bits per heavy atom. The standard InChI is InChI=1S/C27H28F2N2O3.C2H2O4/c28-24-7-3-22(4-8-24)27(23-5-9-25(29)10-6-23)34-18-15-20-13-16-30(17-14-20)19-21-1-11-26(12-2-21)31(32)33;3-1(4)2(5)6/h1-12,20,27H,13-19H2;(H,3,4)(H,5,6). The van der Waals surface area contributed by atoms with Gasteiger partial charge in [-0.1, -0.05) is 24.3 Å². The molecule has 0 aromatic heterocycles. The fraction of sp³-hybridized carbons (Fsp3) is 0.310. The highest BCUT2D eigenvalue weighted by molar-refractivity contribution is 6.26. The van der Waals surface area contributed by atoms with Crippen molar-refractivity contribution in [3.8, 4) is 0 Å². The summed E-state index contributed by atoms with van der Waals surface area (Å²) in [5.74, 6) is -4.04. The lowest BCUT2D eigenvalue weighted by molar-refractivity contribution is -0.919. The number of carbonyl (C=O) groups is 2. The molecule has 0 radical (unpaired) electrons. The van der Waals surface area contributed by atoms with Crippen LogP contribution in [0.3, 0.4) is 0 Å². The zero-order chi connectivity index (χ0) is 29.1. The molecule has 2 N–H and O–H groups in total. The molecule has 11 heteroatoms. The fourth-order valence-corrected chi connectivity index (χ4v) is 4.59. The molecule has 0 bridgehead atoms. The number of nitro groups is 1. The van der Waals surface area contributed by atoms with Crippen molar-refractivity contribution in [3.05, 3.63) is 111 Å². The van der Waals surface area contributed by atoms with Crippen LogP contribution in [-0.4, -0.2) is 41.7 Å². The van der Waals surface area contributed by atoms with E-state index in [9.17, 15) is 18.9 Å². The number of carbonyl (C=O) groups excluding carboxylic acids is 1. The molecule has 1 heterocycles. The Morgan fingerprint density at radius 2 is 1.40 bits per heavy atom. The smallest absolute Gasteiger partial charge is 0.351 e. The number of piperidine rings is 1. The Kier molecular flexibility index (Phi) is 11.2. The van der Waals surface area contributed by atoms with E-state index >= 15 is 0 Å². The number of nitrogens with zero attached hydrogens (tertiary/aromatic N) is 1. The van der Waals surface area contributed by atoms with Gasteiger partial charge in [0.25, 0.3) is 5.69 Å². The van der Waals surface area contributed by atoms with E-state index in [2.05, 4.69) is 0 Å². The molecule has 1 aliphatic rings. The highest BCUT2D eigenvalue weighted by Gasteiger charge is 2.23. The SMILES string of the molecule is O=C([O-])C(=O)O.O=[N+]([O-])c1ccc(C[NH+]2CCC(CCOC(c3ccc(F)cc3)c3ccc(F)cc3)CC2)cc1. The van der Waals surface area contributed by atoms with Crippen LogP contribution in [0, 0.1) is 27.7 Å². The van der Waals surface area contributed by atoms with Gasteiger partial charge in [-0.2, -0.15) is 0 Å². The number of rotatable bonds is 9. The van der Waals surface area contributed by atoms with Gasteiger partial charge in [-0.05, 0) is 72.7 Å². The number of hydrogen-bond donors (Lipinski definition) is 2. The van der Waals surface area contributed by atoms with E-state index < -0.39 is 11.9 Å². The molecule has 0 atom stereocenters. The van der Waals surface area contributed by atoms with Gasteiger partial charge < -0.3 is 24.6 Å². The first-order valence-corrected chi connectivity index (χ1v) is 12.8. The Labute approximate surface area is 229 Å². The van der Waals surface area contributed by atoms with Gasteiger partial charge in [0.05, 0.1) is 18.0 Å². The van der Waals surface area contributed by atoms with Crippen LogP contribution in [0.25, 0.3) is 0 Å². The first-order chi connectivity index (χ1) is 19.1. The average Bonchev–Trinajstić information content (AvgIpc) is 2.94. The van der Waals surface area contributed by atoms with Crippen molar-refractivity contribution in [2.45, 2.75) is 31.9 Å².